The van der Waals surface area contributed by atoms with E-state index in [4.69, 9.17) is 10.5 Å². The van der Waals surface area contributed by atoms with Crippen molar-refractivity contribution in [1.29, 1.82) is 0 Å². The highest BCUT2D eigenvalue weighted by molar-refractivity contribution is 5.79. The molecule has 3 rings (SSSR count). The molecule has 1 aliphatic heterocycles. The molecule has 1 amide bonds. The third-order valence-electron chi connectivity index (χ3n) is 4.06. The van der Waals surface area contributed by atoms with Gasteiger partial charge in [0.25, 0.3) is 0 Å². The minimum atomic E-state index is 0.0661. The molecule has 4 heteroatoms. The average molecular weight is 260 g/mol. The number of hydrogen-bond acceptors (Lipinski definition) is 3. The number of rotatable bonds is 3. The Morgan fingerprint density at radius 2 is 2.21 bits per heavy atom. The van der Waals surface area contributed by atoms with Crippen LogP contribution in [0.3, 0.4) is 0 Å². The lowest BCUT2D eigenvalue weighted by Gasteiger charge is -2.14. The summed E-state index contributed by atoms with van der Waals surface area (Å²) in [6.45, 7) is 0.583. The fraction of sp³-hybridized carbons (Fsp3) is 0.533. The number of amides is 1. The van der Waals surface area contributed by atoms with Gasteiger partial charge in [0.15, 0.2) is 0 Å². The van der Waals surface area contributed by atoms with Crippen molar-refractivity contribution in [2.45, 2.75) is 37.8 Å². The number of carbonyl (C=O) groups is 1. The summed E-state index contributed by atoms with van der Waals surface area (Å²) < 4.78 is 5.80. The predicted molar refractivity (Wildman–Crippen MR) is 72.9 cm³/mol. The highest BCUT2D eigenvalue weighted by Gasteiger charge is 2.29. The van der Waals surface area contributed by atoms with Crippen LogP contribution in [0, 0.1) is 5.92 Å². The van der Waals surface area contributed by atoms with E-state index in [-0.39, 0.29) is 24.0 Å². The molecule has 1 aromatic rings. The molecule has 1 aromatic carbocycles. The third kappa shape index (κ3) is 2.73. The number of para-hydroxylation sites is 1. The molecule has 3 unspecified atom stereocenters. The van der Waals surface area contributed by atoms with Crippen LogP contribution in [0.1, 0.15) is 24.8 Å². The van der Waals surface area contributed by atoms with Crippen LogP contribution >= 0.6 is 0 Å². The van der Waals surface area contributed by atoms with Crippen LogP contribution in [0.25, 0.3) is 0 Å². The molecule has 0 aromatic heterocycles. The molecule has 19 heavy (non-hydrogen) atoms. The van der Waals surface area contributed by atoms with Crippen molar-refractivity contribution < 1.29 is 9.53 Å². The van der Waals surface area contributed by atoms with E-state index in [1.807, 2.05) is 18.2 Å². The van der Waals surface area contributed by atoms with Crippen LogP contribution in [-0.4, -0.2) is 24.6 Å². The van der Waals surface area contributed by atoms with Gasteiger partial charge < -0.3 is 15.8 Å². The van der Waals surface area contributed by atoms with Crippen molar-refractivity contribution in [3.8, 4) is 5.75 Å². The van der Waals surface area contributed by atoms with Crippen LogP contribution in [0.5, 0.6) is 5.75 Å². The normalized spacial score (nSPS) is 28.8. The minimum absolute atomic E-state index is 0.0661. The van der Waals surface area contributed by atoms with E-state index >= 15 is 0 Å². The zero-order chi connectivity index (χ0) is 13.2. The van der Waals surface area contributed by atoms with Gasteiger partial charge in [-0.15, -0.1) is 0 Å². The first-order valence-electron chi connectivity index (χ1n) is 7.00. The number of nitrogens with two attached hydrogens (primary N) is 1. The first kappa shape index (κ1) is 12.5. The Balaban J connectivity index is 1.48. The van der Waals surface area contributed by atoms with Gasteiger partial charge >= 0.3 is 0 Å². The number of benzene rings is 1. The topological polar surface area (TPSA) is 64.4 Å². The second kappa shape index (κ2) is 5.21. The Morgan fingerprint density at radius 3 is 2.95 bits per heavy atom. The van der Waals surface area contributed by atoms with Crippen LogP contribution in [-0.2, 0) is 11.2 Å². The molecule has 1 heterocycles. The molecular formula is C15H20N2O2. The van der Waals surface area contributed by atoms with E-state index < -0.39 is 0 Å². The fourth-order valence-corrected chi connectivity index (χ4v) is 2.98. The van der Waals surface area contributed by atoms with E-state index in [1.54, 1.807) is 0 Å². The number of ether oxygens (including phenoxy) is 1. The molecule has 1 aliphatic carbocycles. The highest BCUT2D eigenvalue weighted by atomic mass is 16.5. The highest BCUT2D eigenvalue weighted by Crippen LogP contribution is 2.28. The summed E-state index contributed by atoms with van der Waals surface area (Å²) >= 11 is 0. The number of nitrogens with one attached hydrogen (secondary N) is 1. The van der Waals surface area contributed by atoms with Crippen molar-refractivity contribution >= 4 is 5.91 Å². The van der Waals surface area contributed by atoms with Crippen LogP contribution < -0.4 is 15.8 Å². The van der Waals surface area contributed by atoms with Gasteiger partial charge in [-0.1, -0.05) is 18.2 Å². The summed E-state index contributed by atoms with van der Waals surface area (Å²) in [5.74, 6) is 1.18. The molecule has 4 nitrogen and oxygen atoms in total. The van der Waals surface area contributed by atoms with E-state index in [0.717, 1.165) is 31.4 Å². The summed E-state index contributed by atoms with van der Waals surface area (Å²) in [6, 6.07) is 8.24. The van der Waals surface area contributed by atoms with Crippen molar-refractivity contribution in [2.75, 3.05) is 6.54 Å². The third-order valence-corrected chi connectivity index (χ3v) is 4.06. The van der Waals surface area contributed by atoms with E-state index in [1.165, 1.54) is 5.56 Å². The fourth-order valence-electron chi connectivity index (χ4n) is 2.98. The summed E-state index contributed by atoms with van der Waals surface area (Å²) in [4.78, 5) is 12.0. The Hall–Kier alpha value is -1.55. The van der Waals surface area contributed by atoms with Crippen LogP contribution in [0.2, 0.25) is 0 Å². The molecule has 1 fully saturated rings. The van der Waals surface area contributed by atoms with Gasteiger partial charge in [0.1, 0.15) is 11.9 Å². The van der Waals surface area contributed by atoms with E-state index in [9.17, 15) is 4.79 Å². The number of carbonyl (C=O) groups excluding carboxylic acids is 1. The molecule has 2 aliphatic rings. The predicted octanol–water partition coefficient (Wildman–Crippen LogP) is 1.23. The van der Waals surface area contributed by atoms with Crippen LogP contribution in [0.4, 0.5) is 0 Å². The van der Waals surface area contributed by atoms with Gasteiger partial charge in [-0.3, -0.25) is 4.79 Å². The molecule has 102 valence electrons. The first-order valence-corrected chi connectivity index (χ1v) is 7.00. The maximum absolute atomic E-state index is 12.0. The van der Waals surface area contributed by atoms with Gasteiger partial charge in [-0.25, -0.2) is 0 Å². The maximum Gasteiger partial charge on any atom is 0.223 e. The Morgan fingerprint density at radius 1 is 1.37 bits per heavy atom. The molecule has 3 atom stereocenters. The van der Waals surface area contributed by atoms with Gasteiger partial charge in [-0.2, -0.15) is 0 Å². The average Bonchev–Trinajstić information content (AvgIpc) is 3.01. The summed E-state index contributed by atoms with van der Waals surface area (Å²) in [5.41, 5.74) is 7.06. The zero-order valence-electron chi connectivity index (χ0n) is 11.0. The van der Waals surface area contributed by atoms with Crippen molar-refractivity contribution in [3.05, 3.63) is 29.8 Å². The monoisotopic (exact) mass is 260 g/mol. The Labute approximate surface area is 113 Å². The molecule has 3 N–H and O–H groups in total. The lowest BCUT2D eigenvalue weighted by molar-refractivity contribution is -0.125. The van der Waals surface area contributed by atoms with Gasteiger partial charge in [0, 0.05) is 18.4 Å². The minimum Gasteiger partial charge on any atom is -0.488 e. The lowest BCUT2D eigenvalue weighted by Crippen LogP contribution is -2.37. The van der Waals surface area contributed by atoms with Gasteiger partial charge in [0.2, 0.25) is 5.91 Å². The van der Waals surface area contributed by atoms with Gasteiger partial charge in [0.05, 0.1) is 6.54 Å². The quantitative estimate of drug-likeness (QED) is 0.859. The lowest BCUT2D eigenvalue weighted by atomic mass is 10.1. The second-order valence-corrected chi connectivity index (χ2v) is 5.57. The first-order chi connectivity index (χ1) is 9.22. The number of fused-ring (bicyclic) bond motifs is 1. The summed E-state index contributed by atoms with van der Waals surface area (Å²) in [5, 5.41) is 3.00. The molecule has 0 spiro atoms. The van der Waals surface area contributed by atoms with Crippen molar-refractivity contribution in [3.63, 3.8) is 0 Å². The van der Waals surface area contributed by atoms with Crippen LogP contribution in [0.15, 0.2) is 24.3 Å². The second-order valence-electron chi connectivity index (χ2n) is 5.57. The Bertz CT molecular complexity index is 450. The van der Waals surface area contributed by atoms with Gasteiger partial charge in [-0.05, 0) is 30.9 Å². The van der Waals surface area contributed by atoms with E-state index in [0.29, 0.717) is 6.54 Å². The molecule has 1 saturated carbocycles. The summed E-state index contributed by atoms with van der Waals surface area (Å²) in [7, 11) is 0. The largest absolute Gasteiger partial charge is 0.488 e. The molecule has 0 radical (unpaired) electrons. The van der Waals surface area contributed by atoms with E-state index in [2.05, 4.69) is 11.4 Å². The van der Waals surface area contributed by atoms with Crippen molar-refractivity contribution in [2.24, 2.45) is 11.7 Å². The smallest absolute Gasteiger partial charge is 0.223 e. The maximum atomic E-state index is 12.0. The summed E-state index contributed by atoms with van der Waals surface area (Å²) in [6.07, 6.45) is 3.64. The molecular weight excluding hydrogens is 240 g/mol. The van der Waals surface area contributed by atoms with Crippen molar-refractivity contribution in [1.82, 2.24) is 5.32 Å². The molecule has 0 saturated heterocycles. The molecule has 0 bridgehead atoms. The zero-order valence-corrected chi connectivity index (χ0v) is 11.0. The standard InChI is InChI=1S/C15H20N2O2/c16-12-6-5-11(7-12)15(18)17-9-13-8-10-3-1-2-4-14(10)19-13/h1-4,11-13H,5-9,16H2,(H,17,18). The number of hydrogen-bond donors (Lipinski definition) is 2. The Kier molecular flexibility index (Phi) is 3.42. The SMILES string of the molecule is NC1CCC(C(=O)NCC2Cc3ccccc3O2)C1.